The van der Waals surface area contributed by atoms with Crippen molar-refractivity contribution in [3.63, 3.8) is 0 Å². The minimum atomic E-state index is -0.830. The van der Waals surface area contributed by atoms with Crippen LogP contribution in [0.1, 0.15) is 12.8 Å². The molecular formula is C9H12O4. The fraction of sp³-hybridized carbons (Fsp3) is 0.556. The van der Waals surface area contributed by atoms with E-state index in [1.165, 1.54) is 7.11 Å². The maximum atomic E-state index is 10.8. The molecule has 0 aliphatic heterocycles. The Bertz CT molecular complexity index is 244. The van der Waals surface area contributed by atoms with Gasteiger partial charge in [0.05, 0.1) is 19.4 Å². The van der Waals surface area contributed by atoms with E-state index in [-0.39, 0.29) is 18.3 Å². The van der Waals surface area contributed by atoms with Gasteiger partial charge in [0.2, 0.25) is 0 Å². The SMILES string of the molecule is COC(=O)CC1C=CC(C(=O)O)C1. The van der Waals surface area contributed by atoms with Crippen molar-refractivity contribution in [1.82, 2.24) is 0 Å². The van der Waals surface area contributed by atoms with Crippen molar-refractivity contribution in [1.29, 1.82) is 0 Å². The number of hydrogen-bond acceptors (Lipinski definition) is 3. The van der Waals surface area contributed by atoms with Crippen molar-refractivity contribution in [3.8, 4) is 0 Å². The number of carboxylic acids is 1. The number of esters is 1. The Balaban J connectivity index is 2.39. The van der Waals surface area contributed by atoms with E-state index in [0.29, 0.717) is 6.42 Å². The van der Waals surface area contributed by atoms with E-state index in [1.54, 1.807) is 12.2 Å². The Kier molecular flexibility index (Phi) is 3.06. The number of rotatable bonds is 3. The molecule has 0 saturated heterocycles. The maximum absolute atomic E-state index is 10.8. The van der Waals surface area contributed by atoms with Crippen LogP contribution >= 0.6 is 0 Å². The first-order chi connectivity index (χ1) is 6.13. The van der Waals surface area contributed by atoms with Gasteiger partial charge in [-0.15, -0.1) is 0 Å². The van der Waals surface area contributed by atoms with Crippen LogP contribution in [0.2, 0.25) is 0 Å². The van der Waals surface area contributed by atoms with Gasteiger partial charge in [0.15, 0.2) is 0 Å². The summed E-state index contributed by atoms with van der Waals surface area (Å²) in [7, 11) is 1.33. The Hall–Kier alpha value is -1.32. The van der Waals surface area contributed by atoms with Crippen molar-refractivity contribution in [2.45, 2.75) is 12.8 Å². The highest BCUT2D eigenvalue weighted by atomic mass is 16.5. The molecule has 0 aromatic heterocycles. The van der Waals surface area contributed by atoms with Gasteiger partial charge >= 0.3 is 11.9 Å². The lowest BCUT2D eigenvalue weighted by Gasteiger charge is -2.06. The number of hydrogen-bond donors (Lipinski definition) is 1. The zero-order valence-corrected chi connectivity index (χ0v) is 7.40. The van der Waals surface area contributed by atoms with Gasteiger partial charge in [-0.1, -0.05) is 12.2 Å². The van der Waals surface area contributed by atoms with Crippen LogP contribution in [0, 0.1) is 11.8 Å². The number of ether oxygens (including phenoxy) is 1. The summed E-state index contributed by atoms with van der Waals surface area (Å²) >= 11 is 0. The van der Waals surface area contributed by atoms with Gasteiger partial charge in [0, 0.05) is 0 Å². The smallest absolute Gasteiger partial charge is 0.310 e. The molecule has 1 rings (SSSR count). The van der Waals surface area contributed by atoms with Gasteiger partial charge in [-0.05, 0) is 12.3 Å². The molecule has 0 fully saturated rings. The molecular weight excluding hydrogens is 172 g/mol. The third-order valence-electron chi connectivity index (χ3n) is 2.15. The fourth-order valence-corrected chi connectivity index (χ4v) is 1.41. The largest absolute Gasteiger partial charge is 0.481 e. The van der Waals surface area contributed by atoms with Crippen molar-refractivity contribution in [2.75, 3.05) is 7.11 Å². The molecule has 0 amide bonds. The quantitative estimate of drug-likeness (QED) is 0.521. The molecule has 0 bridgehead atoms. The molecule has 0 heterocycles. The second kappa shape index (κ2) is 4.07. The summed E-state index contributed by atoms with van der Waals surface area (Å²) in [6.07, 6.45) is 4.19. The van der Waals surface area contributed by atoms with Crippen LogP contribution in [0.25, 0.3) is 0 Å². The minimum absolute atomic E-state index is 0.0218. The highest BCUT2D eigenvalue weighted by molar-refractivity contribution is 5.74. The van der Waals surface area contributed by atoms with E-state index in [1.807, 2.05) is 0 Å². The van der Waals surface area contributed by atoms with Crippen LogP contribution in [0.4, 0.5) is 0 Å². The summed E-state index contributed by atoms with van der Waals surface area (Å²) in [4.78, 5) is 21.4. The molecule has 0 aromatic carbocycles. The lowest BCUT2D eigenvalue weighted by molar-refractivity contribution is -0.143. The van der Waals surface area contributed by atoms with Crippen molar-refractivity contribution >= 4 is 11.9 Å². The fourth-order valence-electron chi connectivity index (χ4n) is 1.41. The van der Waals surface area contributed by atoms with Gasteiger partial charge in [-0.25, -0.2) is 0 Å². The molecule has 0 aromatic rings. The number of methoxy groups -OCH3 is 1. The van der Waals surface area contributed by atoms with E-state index in [2.05, 4.69) is 4.74 Å². The van der Waals surface area contributed by atoms with E-state index < -0.39 is 11.9 Å². The summed E-state index contributed by atoms with van der Waals surface area (Å²) in [5, 5.41) is 8.65. The highest BCUT2D eigenvalue weighted by Gasteiger charge is 2.25. The van der Waals surface area contributed by atoms with E-state index in [4.69, 9.17) is 5.11 Å². The molecule has 72 valence electrons. The summed E-state index contributed by atoms with van der Waals surface area (Å²) in [5.41, 5.74) is 0. The Labute approximate surface area is 76.2 Å². The van der Waals surface area contributed by atoms with Crippen molar-refractivity contribution < 1.29 is 19.4 Å². The molecule has 0 spiro atoms. The number of allylic oxidation sites excluding steroid dienone is 1. The minimum Gasteiger partial charge on any atom is -0.481 e. The molecule has 1 aliphatic carbocycles. The van der Waals surface area contributed by atoms with Gasteiger partial charge in [-0.2, -0.15) is 0 Å². The molecule has 13 heavy (non-hydrogen) atoms. The molecule has 2 unspecified atom stereocenters. The first-order valence-corrected chi connectivity index (χ1v) is 4.11. The first-order valence-electron chi connectivity index (χ1n) is 4.11. The first kappa shape index (κ1) is 9.77. The normalized spacial score (nSPS) is 25.9. The van der Waals surface area contributed by atoms with Gasteiger partial charge in [-0.3, -0.25) is 9.59 Å². The lowest BCUT2D eigenvalue weighted by atomic mass is 10.0. The van der Waals surface area contributed by atoms with Crippen LogP contribution in [-0.4, -0.2) is 24.2 Å². The average Bonchev–Trinajstić information content (AvgIpc) is 2.52. The molecule has 0 saturated carbocycles. The zero-order valence-electron chi connectivity index (χ0n) is 7.40. The van der Waals surface area contributed by atoms with Crippen LogP contribution in [0.3, 0.4) is 0 Å². The van der Waals surface area contributed by atoms with E-state index in [0.717, 1.165) is 0 Å². The van der Waals surface area contributed by atoms with E-state index >= 15 is 0 Å². The Morgan fingerprint density at radius 3 is 2.69 bits per heavy atom. The number of carbonyl (C=O) groups excluding carboxylic acids is 1. The number of carbonyl (C=O) groups is 2. The summed E-state index contributed by atoms with van der Waals surface area (Å²) in [6, 6.07) is 0. The zero-order chi connectivity index (χ0) is 9.84. The monoisotopic (exact) mass is 184 g/mol. The summed E-state index contributed by atoms with van der Waals surface area (Å²) in [5.74, 6) is -1.53. The third-order valence-corrected chi connectivity index (χ3v) is 2.15. The second-order valence-electron chi connectivity index (χ2n) is 3.11. The Morgan fingerprint density at radius 1 is 1.54 bits per heavy atom. The third kappa shape index (κ3) is 2.57. The van der Waals surface area contributed by atoms with Crippen LogP contribution in [0.15, 0.2) is 12.2 Å². The molecule has 1 aliphatic rings. The van der Waals surface area contributed by atoms with Gasteiger partial charge in [0.1, 0.15) is 0 Å². The molecule has 1 N–H and O–H groups in total. The van der Waals surface area contributed by atoms with Crippen LogP contribution < -0.4 is 0 Å². The predicted molar refractivity (Wildman–Crippen MR) is 45.0 cm³/mol. The Morgan fingerprint density at radius 2 is 2.23 bits per heavy atom. The van der Waals surface area contributed by atoms with Crippen molar-refractivity contribution in [2.24, 2.45) is 11.8 Å². The topological polar surface area (TPSA) is 63.6 Å². The number of carboxylic acid groups (broad SMARTS) is 1. The summed E-state index contributed by atoms with van der Waals surface area (Å²) in [6.45, 7) is 0. The number of aliphatic carboxylic acids is 1. The van der Waals surface area contributed by atoms with Gasteiger partial charge in [0.25, 0.3) is 0 Å². The molecule has 0 radical (unpaired) electrons. The van der Waals surface area contributed by atoms with Gasteiger partial charge < -0.3 is 9.84 Å². The summed E-state index contributed by atoms with van der Waals surface area (Å²) < 4.78 is 4.49. The standard InChI is InChI=1S/C9H12O4/c1-13-8(10)5-6-2-3-7(4-6)9(11)12/h2-3,6-7H,4-5H2,1H3,(H,11,12). The van der Waals surface area contributed by atoms with Crippen LogP contribution in [-0.2, 0) is 14.3 Å². The van der Waals surface area contributed by atoms with Crippen LogP contribution in [0.5, 0.6) is 0 Å². The maximum Gasteiger partial charge on any atom is 0.310 e. The predicted octanol–water partition coefficient (Wildman–Crippen LogP) is 0.826. The molecule has 2 atom stereocenters. The van der Waals surface area contributed by atoms with E-state index in [9.17, 15) is 9.59 Å². The molecule has 4 heteroatoms. The second-order valence-corrected chi connectivity index (χ2v) is 3.11. The molecule has 4 nitrogen and oxygen atoms in total. The average molecular weight is 184 g/mol. The lowest BCUT2D eigenvalue weighted by Crippen LogP contribution is -2.12. The highest BCUT2D eigenvalue weighted by Crippen LogP contribution is 2.26. The van der Waals surface area contributed by atoms with Crippen molar-refractivity contribution in [3.05, 3.63) is 12.2 Å².